The Bertz CT molecular complexity index is 608. The van der Waals surface area contributed by atoms with Gasteiger partial charge in [0.15, 0.2) is 9.84 Å². The third-order valence-corrected chi connectivity index (χ3v) is 4.31. The molecule has 1 saturated heterocycles. The summed E-state index contributed by atoms with van der Waals surface area (Å²) in [6.45, 7) is 0. The van der Waals surface area contributed by atoms with Crippen LogP contribution in [0, 0.1) is 17.1 Å². The minimum Gasteiger partial charge on any atom is -0.487 e. The molecular weight excluding hydrogens is 261 g/mol. The van der Waals surface area contributed by atoms with E-state index in [1.165, 1.54) is 12.1 Å². The highest BCUT2D eigenvalue weighted by molar-refractivity contribution is 7.91. The SMILES string of the molecule is N#Cc1ccc(OC2CS(=O)(=O)CC2O)cc1F. The van der Waals surface area contributed by atoms with Crippen LogP contribution in [0.5, 0.6) is 5.75 Å². The lowest BCUT2D eigenvalue weighted by molar-refractivity contribution is 0.0736. The second-order valence-corrected chi connectivity index (χ2v) is 6.21. The molecule has 0 spiro atoms. The summed E-state index contributed by atoms with van der Waals surface area (Å²) in [4.78, 5) is 0. The molecule has 96 valence electrons. The Morgan fingerprint density at radius 2 is 2.17 bits per heavy atom. The Kier molecular flexibility index (Phi) is 3.24. The van der Waals surface area contributed by atoms with Crippen LogP contribution < -0.4 is 4.74 Å². The molecule has 0 amide bonds. The van der Waals surface area contributed by atoms with E-state index in [4.69, 9.17) is 10.00 Å². The summed E-state index contributed by atoms with van der Waals surface area (Å²) in [5.74, 6) is -1.30. The van der Waals surface area contributed by atoms with Gasteiger partial charge in [-0.25, -0.2) is 12.8 Å². The van der Waals surface area contributed by atoms with Gasteiger partial charge in [0.25, 0.3) is 0 Å². The van der Waals surface area contributed by atoms with E-state index in [0.29, 0.717) is 0 Å². The maximum absolute atomic E-state index is 13.3. The molecule has 1 aliphatic rings. The zero-order valence-corrected chi connectivity index (χ0v) is 10.0. The van der Waals surface area contributed by atoms with E-state index in [0.717, 1.165) is 6.07 Å². The summed E-state index contributed by atoms with van der Waals surface area (Å²) in [6, 6.07) is 5.26. The normalized spacial score (nSPS) is 25.6. The maximum Gasteiger partial charge on any atom is 0.156 e. The standard InChI is InChI=1S/C11H10FNO4S/c12-9-3-8(2-1-7(9)4-13)17-11-6-18(15,16)5-10(11)14/h1-3,10-11,14H,5-6H2. The number of nitrogens with zero attached hydrogens (tertiary/aromatic N) is 1. The van der Waals surface area contributed by atoms with Crippen molar-refractivity contribution in [2.45, 2.75) is 12.2 Å². The van der Waals surface area contributed by atoms with Gasteiger partial charge in [-0.3, -0.25) is 0 Å². The molecule has 1 heterocycles. The fourth-order valence-electron chi connectivity index (χ4n) is 1.74. The van der Waals surface area contributed by atoms with Crippen molar-refractivity contribution in [3.05, 3.63) is 29.6 Å². The van der Waals surface area contributed by atoms with Crippen LogP contribution in [0.3, 0.4) is 0 Å². The van der Waals surface area contributed by atoms with Gasteiger partial charge in [0.2, 0.25) is 0 Å². The molecule has 5 nitrogen and oxygen atoms in total. The van der Waals surface area contributed by atoms with Gasteiger partial charge in [-0.15, -0.1) is 0 Å². The van der Waals surface area contributed by atoms with E-state index in [1.54, 1.807) is 6.07 Å². The Hall–Kier alpha value is -1.65. The minimum atomic E-state index is -3.31. The minimum absolute atomic E-state index is 0.0904. The van der Waals surface area contributed by atoms with Crippen molar-refractivity contribution in [1.82, 2.24) is 0 Å². The molecule has 0 aliphatic carbocycles. The molecule has 0 aromatic heterocycles. The van der Waals surface area contributed by atoms with E-state index in [2.05, 4.69) is 0 Å². The number of hydrogen-bond acceptors (Lipinski definition) is 5. The summed E-state index contributed by atoms with van der Waals surface area (Å²) in [7, 11) is -3.31. The molecule has 1 fully saturated rings. The molecular formula is C11H10FNO4S. The molecule has 7 heteroatoms. The number of hydrogen-bond donors (Lipinski definition) is 1. The zero-order valence-electron chi connectivity index (χ0n) is 9.21. The van der Waals surface area contributed by atoms with Crippen molar-refractivity contribution in [3.63, 3.8) is 0 Å². The summed E-state index contributed by atoms with van der Waals surface area (Å²) in [5.41, 5.74) is -0.123. The first-order valence-corrected chi connectivity index (χ1v) is 6.98. The molecule has 1 aromatic carbocycles. The number of ether oxygens (including phenoxy) is 1. The van der Waals surface area contributed by atoms with Gasteiger partial charge < -0.3 is 9.84 Å². The number of nitriles is 1. The van der Waals surface area contributed by atoms with Crippen LogP contribution in [0.15, 0.2) is 18.2 Å². The zero-order chi connectivity index (χ0) is 13.3. The maximum atomic E-state index is 13.3. The van der Waals surface area contributed by atoms with Crippen molar-refractivity contribution in [2.75, 3.05) is 11.5 Å². The predicted octanol–water partition coefficient (Wildman–Crippen LogP) is 0.234. The Morgan fingerprint density at radius 1 is 1.44 bits per heavy atom. The van der Waals surface area contributed by atoms with Gasteiger partial charge in [-0.1, -0.05) is 0 Å². The van der Waals surface area contributed by atoms with E-state index >= 15 is 0 Å². The number of benzene rings is 1. The van der Waals surface area contributed by atoms with Crippen LogP contribution in [0.4, 0.5) is 4.39 Å². The average molecular weight is 271 g/mol. The summed E-state index contributed by atoms with van der Waals surface area (Å²) < 4.78 is 41.0. The molecule has 1 aliphatic heterocycles. The molecule has 0 radical (unpaired) electrons. The van der Waals surface area contributed by atoms with E-state index in [1.807, 2.05) is 0 Å². The van der Waals surface area contributed by atoms with Crippen molar-refractivity contribution < 1.29 is 22.7 Å². The highest BCUT2D eigenvalue weighted by Crippen LogP contribution is 2.22. The predicted molar refractivity (Wildman–Crippen MR) is 60.2 cm³/mol. The van der Waals surface area contributed by atoms with E-state index < -0.39 is 27.9 Å². The van der Waals surface area contributed by atoms with Crippen LogP contribution in [-0.2, 0) is 9.84 Å². The summed E-state index contributed by atoms with van der Waals surface area (Å²) in [5, 5.41) is 18.1. The third kappa shape index (κ3) is 2.60. The van der Waals surface area contributed by atoms with Crippen molar-refractivity contribution in [1.29, 1.82) is 5.26 Å². The number of aliphatic hydroxyl groups is 1. The Labute approximate surface area is 103 Å². The second-order valence-electron chi connectivity index (χ2n) is 4.05. The Morgan fingerprint density at radius 3 is 2.67 bits per heavy atom. The van der Waals surface area contributed by atoms with Gasteiger partial charge in [0.05, 0.1) is 17.1 Å². The lowest BCUT2D eigenvalue weighted by atomic mass is 10.2. The van der Waals surface area contributed by atoms with Gasteiger partial charge in [0.1, 0.15) is 29.8 Å². The topological polar surface area (TPSA) is 87.4 Å². The third-order valence-electron chi connectivity index (χ3n) is 2.62. The van der Waals surface area contributed by atoms with Crippen LogP contribution in [0.25, 0.3) is 0 Å². The largest absolute Gasteiger partial charge is 0.487 e. The van der Waals surface area contributed by atoms with Crippen LogP contribution in [0.2, 0.25) is 0 Å². The van der Waals surface area contributed by atoms with Crippen LogP contribution >= 0.6 is 0 Å². The van der Waals surface area contributed by atoms with Crippen molar-refractivity contribution in [2.24, 2.45) is 0 Å². The number of sulfone groups is 1. The monoisotopic (exact) mass is 271 g/mol. The number of aliphatic hydroxyl groups excluding tert-OH is 1. The second kappa shape index (κ2) is 4.55. The number of rotatable bonds is 2. The van der Waals surface area contributed by atoms with Gasteiger partial charge in [-0.2, -0.15) is 5.26 Å². The van der Waals surface area contributed by atoms with Crippen molar-refractivity contribution in [3.8, 4) is 11.8 Å². The lowest BCUT2D eigenvalue weighted by Crippen LogP contribution is -2.29. The van der Waals surface area contributed by atoms with E-state index in [-0.39, 0.29) is 22.8 Å². The summed E-state index contributed by atoms with van der Waals surface area (Å²) in [6.07, 6.45) is -2.02. The van der Waals surface area contributed by atoms with Crippen LogP contribution in [-0.4, -0.2) is 37.2 Å². The quantitative estimate of drug-likeness (QED) is 0.832. The van der Waals surface area contributed by atoms with Crippen molar-refractivity contribution >= 4 is 9.84 Å². The first-order chi connectivity index (χ1) is 8.41. The molecule has 1 aromatic rings. The highest BCUT2D eigenvalue weighted by Gasteiger charge is 2.38. The fraction of sp³-hybridized carbons (Fsp3) is 0.364. The summed E-state index contributed by atoms with van der Waals surface area (Å²) >= 11 is 0. The molecule has 2 unspecified atom stereocenters. The average Bonchev–Trinajstić information content (AvgIpc) is 2.52. The Balaban J connectivity index is 2.16. The number of halogens is 1. The van der Waals surface area contributed by atoms with Gasteiger partial charge in [-0.05, 0) is 12.1 Å². The first-order valence-electron chi connectivity index (χ1n) is 5.16. The molecule has 0 saturated carbocycles. The van der Waals surface area contributed by atoms with Gasteiger partial charge >= 0.3 is 0 Å². The van der Waals surface area contributed by atoms with Crippen LogP contribution in [0.1, 0.15) is 5.56 Å². The molecule has 1 N–H and O–H groups in total. The lowest BCUT2D eigenvalue weighted by Gasteiger charge is -2.15. The molecule has 0 bridgehead atoms. The molecule has 18 heavy (non-hydrogen) atoms. The van der Waals surface area contributed by atoms with E-state index in [9.17, 15) is 17.9 Å². The smallest absolute Gasteiger partial charge is 0.156 e. The van der Waals surface area contributed by atoms with Gasteiger partial charge in [0, 0.05) is 6.07 Å². The highest BCUT2D eigenvalue weighted by atomic mass is 32.2. The molecule has 2 rings (SSSR count). The molecule has 2 atom stereocenters. The first kappa shape index (κ1) is 12.8. The fourth-order valence-corrected chi connectivity index (χ4v) is 3.41.